The van der Waals surface area contributed by atoms with Crippen LogP contribution >= 0.6 is 0 Å². The molecule has 0 bridgehead atoms. The average Bonchev–Trinajstić information content (AvgIpc) is 3.08. The van der Waals surface area contributed by atoms with E-state index in [4.69, 9.17) is 10.3 Å². The second-order valence-electron chi connectivity index (χ2n) is 6.59. The molecule has 1 saturated carbocycles. The van der Waals surface area contributed by atoms with Crippen LogP contribution in [0.15, 0.2) is 28.8 Å². The molecule has 3 rings (SSSR count). The summed E-state index contributed by atoms with van der Waals surface area (Å²) in [5.74, 6) is 0.260. The number of carbonyl (C=O) groups is 2. The van der Waals surface area contributed by atoms with Crippen LogP contribution in [0.1, 0.15) is 54.2 Å². The van der Waals surface area contributed by atoms with Gasteiger partial charge in [0.1, 0.15) is 0 Å². The lowest BCUT2D eigenvalue weighted by Gasteiger charge is -2.35. The zero-order valence-electron chi connectivity index (χ0n) is 14.7. The highest BCUT2D eigenvalue weighted by Gasteiger charge is 2.38. The molecule has 138 valence electrons. The van der Waals surface area contributed by atoms with E-state index in [2.05, 4.69) is 20.8 Å². The molecule has 1 fully saturated rings. The van der Waals surface area contributed by atoms with Crippen LogP contribution in [0, 0.1) is 6.92 Å². The van der Waals surface area contributed by atoms with E-state index in [9.17, 15) is 9.59 Å². The van der Waals surface area contributed by atoms with Gasteiger partial charge in [0.05, 0.1) is 23.3 Å². The average molecular weight is 357 g/mol. The Hall–Kier alpha value is -2.74. The van der Waals surface area contributed by atoms with E-state index in [0.29, 0.717) is 17.4 Å². The van der Waals surface area contributed by atoms with E-state index < -0.39 is 11.4 Å². The number of amides is 2. The molecule has 0 aliphatic heterocycles. The minimum Gasteiger partial charge on any atom is -0.366 e. The highest BCUT2D eigenvalue weighted by Crippen LogP contribution is 2.35. The first kappa shape index (κ1) is 18.1. The molecule has 1 aliphatic rings. The fourth-order valence-electron chi connectivity index (χ4n) is 3.38. The number of hydrogen-bond donors (Lipinski definition) is 3. The molecular weight excluding hydrogens is 334 g/mol. The molecule has 1 aliphatic carbocycles. The van der Waals surface area contributed by atoms with Crippen molar-refractivity contribution in [2.45, 2.75) is 44.6 Å². The topological polar surface area (TPSA) is 123 Å². The first-order valence-electron chi connectivity index (χ1n) is 8.75. The normalized spacial score (nSPS) is 16.2. The molecule has 0 spiro atoms. The zero-order chi connectivity index (χ0) is 18.6. The second kappa shape index (κ2) is 7.65. The molecule has 4 N–H and O–H groups in total. The number of nitrogens with zero attached hydrogens (tertiary/aromatic N) is 2. The molecule has 1 heterocycles. The number of anilines is 1. The summed E-state index contributed by atoms with van der Waals surface area (Å²) in [5, 5.41) is 10.1. The Labute approximate surface area is 151 Å². The Morgan fingerprint density at radius 1 is 1.23 bits per heavy atom. The number of hydrogen-bond acceptors (Lipinski definition) is 6. The lowest BCUT2D eigenvalue weighted by molar-refractivity contribution is -0.115. The Bertz CT molecular complexity index is 796. The summed E-state index contributed by atoms with van der Waals surface area (Å²) < 4.78 is 5.13. The van der Waals surface area contributed by atoms with Gasteiger partial charge in [0.15, 0.2) is 5.82 Å². The SMILES string of the molecule is Cc1nc(C2(NCC(=O)Nc3ccccc3C(N)=O)CCCCC2)no1. The van der Waals surface area contributed by atoms with Crippen molar-refractivity contribution in [3.63, 3.8) is 0 Å². The predicted octanol–water partition coefficient (Wildman–Crippen LogP) is 1.86. The molecule has 1 aromatic heterocycles. The number of para-hydroxylation sites is 1. The number of rotatable bonds is 6. The smallest absolute Gasteiger partial charge is 0.250 e. The lowest BCUT2D eigenvalue weighted by atomic mass is 9.81. The zero-order valence-corrected chi connectivity index (χ0v) is 14.7. The van der Waals surface area contributed by atoms with Crippen LogP contribution in [-0.4, -0.2) is 28.5 Å². The van der Waals surface area contributed by atoms with E-state index >= 15 is 0 Å². The van der Waals surface area contributed by atoms with Crippen molar-refractivity contribution in [3.05, 3.63) is 41.5 Å². The summed E-state index contributed by atoms with van der Waals surface area (Å²) in [6, 6.07) is 6.66. The van der Waals surface area contributed by atoms with Gasteiger partial charge in [-0.15, -0.1) is 0 Å². The van der Waals surface area contributed by atoms with Gasteiger partial charge in [0.2, 0.25) is 11.8 Å². The van der Waals surface area contributed by atoms with Crippen LogP contribution < -0.4 is 16.4 Å². The minimum atomic E-state index is -0.583. The van der Waals surface area contributed by atoms with Crippen LogP contribution in [0.5, 0.6) is 0 Å². The van der Waals surface area contributed by atoms with Gasteiger partial charge in [-0.25, -0.2) is 0 Å². The molecule has 26 heavy (non-hydrogen) atoms. The highest BCUT2D eigenvalue weighted by atomic mass is 16.5. The van der Waals surface area contributed by atoms with E-state index in [-0.39, 0.29) is 18.0 Å². The summed E-state index contributed by atoms with van der Waals surface area (Å²) in [4.78, 5) is 28.3. The number of nitrogens with two attached hydrogens (primary N) is 1. The lowest BCUT2D eigenvalue weighted by Crippen LogP contribution is -2.48. The highest BCUT2D eigenvalue weighted by molar-refractivity contribution is 6.03. The molecule has 8 nitrogen and oxygen atoms in total. The molecule has 0 radical (unpaired) electrons. The second-order valence-corrected chi connectivity index (χ2v) is 6.59. The molecule has 0 saturated heterocycles. The maximum atomic E-state index is 12.4. The van der Waals surface area contributed by atoms with Crippen LogP contribution in [-0.2, 0) is 10.3 Å². The predicted molar refractivity (Wildman–Crippen MR) is 95.4 cm³/mol. The maximum absolute atomic E-state index is 12.4. The molecule has 0 unspecified atom stereocenters. The van der Waals surface area contributed by atoms with E-state index in [1.54, 1.807) is 31.2 Å². The maximum Gasteiger partial charge on any atom is 0.250 e. The number of aryl methyl sites for hydroxylation is 1. The van der Waals surface area contributed by atoms with Crippen LogP contribution in [0.4, 0.5) is 5.69 Å². The van der Waals surface area contributed by atoms with E-state index in [1.807, 2.05) is 0 Å². The van der Waals surface area contributed by atoms with Gasteiger partial charge in [-0.3, -0.25) is 14.9 Å². The van der Waals surface area contributed by atoms with Gasteiger partial charge in [0, 0.05) is 6.92 Å². The third-order valence-electron chi connectivity index (χ3n) is 4.72. The quantitative estimate of drug-likeness (QED) is 0.725. The van der Waals surface area contributed by atoms with Gasteiger partial charge in [-0.1, -0.05) is 36.6 Å². The molecule has 2 aromatic rings. The van der Waals surface area contributed by atoms with Crippen molar-refractivity contribution >= 4 is 17.5 Å². The van der Waals surface area contributed by atoms with Gasteiger partial charge < -0.3 is 15.6 Å². The van der Waals surface area contributed by atoms with Crippen molar-refractivity contribution in [2.75, 3.05) is 11.9 Å². The molecule has 8 heteroatoms. The van der Waals surface area contributed by atoms with Crippen LogP contribution in [0.3, 0.4) is 0 Å². The summed E-state index contributed by atoms with van der Waals surface area (Å²) in [6.45, 7) is 1.82. The summed E-state index contributed by atoms with van der Waals surface area (Å²) in [6.07, 6.45) is 4.91. The first-order valence-corrected chi connectivity index (χ1v) is 8.75. The third-order valence-corrected chi connectivity index (χ3v) is 4.72. The van der Waals surface area contributed by atoms with E-state index in [0.717, 1.165) is 32.1 Å². The number of aromatic nitrogens is 2. The van der Waals surface area contributed by atoms with Crippen molar-refractivity contribution in [3.8, 4) is 0 Å². The van der Waals surface area contributed by atoms with Gasteiger partial charge in [-0.2, -0.15) is 4.98 Å². The standard InChI is InChI=1S/C18H23N5O3/c1-12-21-17(23-26-12)18(9-5-2-6-10-18)20-11-15(24)22-14-8-4-3-7-13(14)16(19)25/h3-4,7-8,20H,2,5-6,9-11H2,1H3,(H2,19,25)(H,22,24). The Balaban J connectivity index is 1.70. The third kappa shape index (κ3) is 3.91. The number of primary amides is 1. The fraction of sp³-hybridized carbons (Fsp3) is 0.444. The molecular formula is C18H23N5O3. The Kier molecular flexibility index (Phi) is 5.32. The molecule has 0 atom stereocenters. The van der Waals surface area contributed by atoms with Gasteiger partial charge in [0.25, 0.3) is 5.91 Å². The molecule has 1 aromatic carbocycles. The monoisotopic (exact) mass is 357 g/mol. The van der Waals surface area contributed by atoms with Crippen molar-refractivity contribution in [1.29, 1.82) is 0 Å². The Morgan fingerprint density at radius 2 is 1.96 bits per heavy atom. The van der Waals surface area contributed by atoms with Crippen LogP contribution in [0.25, 0.3) is 0 Å². The number of carbonyl (C=O) groups excluding carboxylic acids is 2. The number of nitrogens with one attached hydrogen (secondary N) is 2. The van der Waals surface area contributed by atoms with Crippen molar-refractivity contribution in [2.24, 2.45) is 5.73 Å². The number of benzene rings is 1. The van der Waals surface area contributed by atoms with Gasteiger partial charge in [-0.05, 0) is 25.0 Å². The molecule has 2 amide bonds. The van der Waals surface area contributed by atoms with Crippen molar-refractivity contribution < 1.29 is 14.1 Å². The van der Waals surface area contributed by atoms with Crippen molar-refractivity contribution in [1.82, 2.24) is 15.5 Å². The van der Waals surface area contributed by atoms with Gasteiger partial charge >= 0.3 is 0 Å². The summed E-state index contributed by atoms with van der Waals surface area (Å²) >= 11 is 0. The largest absolute Gasteiger partial charge is 0.366 e. The Morgan fingerprint density at radius 3 is 2.62 bits per heavy atom. The summed E-state index contributed by atoms with van der Waals surface area (Å²) in [7, 11) is 0. The van der Waals surface area contributed by atoms with Crippen LogP contribution in [0.2, 0.25) is 0 Å². The minimum absolute atomic E-state index is 0.0701. The first-order chi connectivity index (χ1) is 12.5. The fourth-order valence-corrected chi connectivity index (χ4v) is 3.38. The van der Waals surface area contributed by atoms with E-state index in [1.165, 1.54) is 0 Å². The summed E-state index contributed by atoms with van der Waals surface area (Å²) in [5.41, 5.74) is 5.57.